The van der Waals surface area contributed by atoms with E-state index >= 15 is 0 Å². The summed E-state index contributed by atoms with van der Waals surface area (Å²) in [6, 6.07) is 12.7. The van der Waals surface area contributed by atoms with Crippen LogP contribution in [0.1, 0.15) is 43.8 Å². The van der Waals surface area contributed by atoms with E-state index in [1.165, 1.54) is 37.5 Å². The molecule has 1 heterocycles. The molecule has 1 aromatic heterocycles. The van der Waals surface area contributed by atoms with Crippen LogP contribution in [-0.4, -0.2) is 4.98 Å². The average Bonchev–Trinajstić information content (AvgIpc) is 2.49. The number of nitrogens with one attached hydrogen (secondary N) is 1. The lowest BCUT2D eigenvalue weighted by atomic mass is 9.82. The van der Waals surface area contributed by atoms with Crippen molar-refractivity contribution in [1.82, 2.24) is 10.4 Å². The molecule has 3 nitrogen and oxygen atoms in total. The molecule has 1 atom stereocenters. The second-order valence-electron chi connectivity index (χ2n) is 5.47. The van der Waals surface area contributed by atoms with E-state index in [0.717, 1.165) is 11.2 Å². The number of hydrogen-bond donors (Lipinski definition) is 2. The minimum Gasteiger partial charge on any atom is -0.271 e. The highest BCUT2D eigenvalue weighted by atomic mass is 15.2. The first kappa shape index (κ1) is 12.6. The normalized spacial score (nSPS) is 18.6. The summed E-state index contributed by atoms with van der Waals surface area (Å²) >= 11 is 0. The lowest BCUT2D eigenvalue weighted by Crippen LogP contribution is -2.35. The van der Waals surface area contributed by atoms with Crippen LogP contribution in [0.25, 0.3) is 10.9 Å². The maximum absolute atomic E-state index is 5.79. The smallest absolute Gasteiger partial charge is 0.0706 e. The number of pyridine rings is 1. The van der Waals surface area contributed by atoms with Crippen molar-refractivity contribution in [3.8, 4) is 0 Å². The van der Waals surface area contributed by atoms with Gasteiger partial charge in [-0.1, -0.05) is 43.5 Å². The van der Waals surface area contributed by atoms with Gasteiger partial charge >= 0.3 is 0 Å². The van der Waals surface area contributed by atoms with Crippen LogP contribution < -0.4 is 11.3 Å². The van der Waals surface area contributed by atoms with Crippen LogP contribution in [0.4, 0.5) is 0 Å². The molecule has 1 aliphatic carbocycles. The van der Waals surface area contributed by atoms with Crippen LogP contribution in [-0.2, 0) is 0 Å². The molecule has 0 amide bonds. The molecule has 1 aliphatic rings. The van der Waals surface area contributed by atoms with Crippen LogP contribution in [0.15, 0.2) is 36.4 Å². The first-order chi connectivity index (χ1) is 9.38. The van der Waals surface area contributed by atoms with Crippen LogP contribution in [0.3, 0.4) is 0 Å². The number of aromatic nitrogens is 1. The van der Waals surface area contributed by atoms with Gasteiger partial charge in [0.15, 0.2) is 0 Å². The van der Waals surface area contributed by atoms with Crippen molar-refractivity contribution < 1.29 is 0 Å². The molecule has 2 aromatic rings. The minimum absolute atomic E-state index is 0.185. The summed E-state index contributed by atoms with van der Waals surface area (Å²) in [6.45, 7) is 0. The summed E-state index contributed by atoms with van der Waals surface area (Å²) < 4.78 is 0. The van der Waals surface area contributed by atoms with Gasteiger partial charge in [0.25, 0.3) is 0 Å². The third kappa shape index (κ3) is 2.62. The SMILES string of the molecule is NNC(c1ccc2ccccc2n1)C1CCCCC1. The van der Waals surface area contributed by atoms with E-state index in [1.807, 2.05) is 12.1 Å². The van der Waals surface area contributed by atoms with Crippen molar-refractivity contribution in [2.24, 2.45) is 11.8 Å². The van der Waals surface area contributed by atoms with E-state index in [1.54, 1.807) is 0 Å². The van der Waals surface area contributed by atoms with Crippen LogP contribution in [0, 0.1) is 5.92 Å². The van der Waals surface area contributed by atoms with Gasteiger partial charge in [-0.15, -0.1) is 0 Å². The minimum atomic E-state index is 0.185. The molecular formula is C16H21N3. The van der Waals surface area contributed by atoms with Gasteiger partial charge in [0, 0.05) is 5.39 Å². The number of hydrazine groups is 1. The van der Waals surface area contributed by atoms with Gasteiger partial charge in [-0.25, -0.2) is 0 Å². The van der Waals surface area contributed by atoms with Gasteiger partial charge in [0.2, 0.25) is 0 Å². The van der Waals surface area contributed by atoms with Crippen LogP contribution >= 0.6 is 0 Å². The van der Waals surface area contributed by atoms with E-state index in [9.17, 15) is 0 Å². The van der Waals surface area contributed by atoms with Crippen LogP contribution in [0.2, 0.25) is 0 Å². The Morgan fingerprint density at radius 2 is 1.84 bits per heavy atom. The molecule has 100 valence electrons. The number of nitrogens with zero attached hydrogens (tertiary/aromatic N) is 1. The monoisotopic (exact) mass is 255 g/mol. The molecule has 1 fully saturated rings. The van der Waals surface area contributed by atoms with Gasteiger partial charge in [-0.05, 0) is 30.9 Å². The van der Waals surface area contributed by atoms with Crippen molar-refractivity contribution in [3.05, 3.63) is 42.1 Å². The first-order valence-corrected chi connectivity index (χ1v) is 7.20. The zero-order chi connectivity index (χ0) is 13.1. The molecule has 3 rings (SSSR count). The highest BCUT2D eigenvalue weighted by molar-refractivity contribution is 5.78. The molecule has 0 aliphatic heterocycles. The lowest BCUT2D eigenvalue weighted by Gasteiger charge is -2.29. The Labute approximate surface area is 114 Å². The van der Waals surface area contributed by atoms with E-state index in [4.69, 9.17) is 10.8 Å². The van der Waals surface area contributed by atoms with Crippen molar-refractivity contribution >= 4 is 10.9 Å². The number of rotatable bonds is 3. The van der Waals surface area contributed by atoms with E-state index in [-0.39, 0.29) is 6.04 Å². The number of hydrogen-bond acceptors (Lipinski definition) is 3. The summed E-state index contributed by atoms with van der Waals surface area (Å²) in [7, 11) is 0. The highest BCUT2D eigenvalue weighted by Gasteiger charge is 2.25. The molecule has 1 unspecified atom stereocenters. The van der Waals surface area contributed by atoms with Crippen molar-refractivity contribution in [3.63, 3.8) is 0 Å². The maximum Gasteiger partial charge on any atom is 0.0706 e. The summed E-state index contributed by atoms with van der Waals surface area (Å²) in [6.07, 6.45) is 6.50. The second kappa shape index (κ2) is 5.68. The van der Waals surface area contributed by atoms with Crippen molar-refractivity contribution in [2.75, 3.05) is 0 Å². The van der Waals surface area contributed by atoms with E-state index in [2.05, 4.69) is 29.7 Å². The van der Waals surface area contributed by atoms with Crippen molar-refractivity contribution in [1.29, 1.82) is 0 Å². The van der Waals surface area contributed by atoms with E-state index < -0.39 is 0 Å². The zero-order valence-corrected chi connectivity index (χ0v) is 11.2. The van der Waals surface area contributed by atoms with E-state index in [0.29, 0.717) is 5.92 Å². The fourth-order valence-electron chi connectivity index (χ4n) is 3.19. The highest BCUT2D eigenvalue weighted by Crippen LogP contribution is 2.33. The quantitative estimate of drug-likeness (QED) is 0.653. The number of para-hydroxylation sites is 1. The topological polar surface area (TPSA) is 50.9 Å². The Hall–Kier alpha value is -1.45. The Morgan fingerprint density at radius 3 is 2.63 bits per heavy atom. The summed E-state index contributed by atoms with van der Waals surface area (Å²) in [5.74, 6) is 6.41. The van der Waals surface area contributed by atoms with Gasteiger partial charge in [0.1, 0.15) is 0 Å². The molecule has 1 aromatic carbocycles. The fraction of sp³-hybridized carbons (Fsp3) is 0.438. The lowest BCUT2D eigenvalue weighted by molar-refractivity contribution is 0.270. The van der Waals surface area contributed by atoms with Crippen molar-refractivity contribution in [2.45, 2.75) is 38.1 Å². The molecular weight excluding hydrogens is 234 g/mol. The molecule has 3 heteroatoms. The average molecular weight is 255 g/mol. The number of fused-ring (bicyclic) bond motifs is 1. The summed E-state index contributed by atoms with van der Waals surface area (Å²) in [5.41, 5.74) is 5.12. The Bertz CT molecular complexity index is 546. The summed E-state index contributed by atoms with van der Waals surface area (Å²) in [5, 5.41) is 1.19. The van der Waals surface area contributed by atoms with Gasteiger partial charge in [-0.2, -0.15) is 0 Å². The summed E-state index contributed by atoms with van der Waals surface area (Å²) in [4.78, 5) is 4.78. The molecule has 0 radical (unpaired) electrons. The van der Waals surface area contributed by atoms with Gasteiger partial charge in [0.05, 0.1) is 17.3 Å². The molecule has 0 spiro atoms. The molecule has 0 saturated heterocycles. The predicted octanol–water partition coefficient (Wildman–Crippen LogP) is 3.32. The number of benzene rings is 1. The first-order valence-electron chi connectivity index (χ1n) is 7.20. The van der Waals surface area contributed by atoms with Gasteiger partial charge < -0.3 is 0 Å². The molecule has 0 bridgehead atoms. The third-order valence-electron chi connectivity index (χ3n) is 4.24. The molecule has 1 saturated carbocycles. The Kier molecular flexibility index (Phi) is 3.76. The fourth-order valence-corrected chi connectivity index (χ4v) is 3.19. The molecule has 3 N–H and O–H groups in total. The second-order valence-corrected chi connectivity index (χ2v) is 5.47. The largest absolute Gasteiger partial charge is 0.271 e. The Morgan fingerprint density at radius 1 is 1.05 bits per heavy atom. The standard InChI is InChI=1S/C16H21N3/c17-19-16(13-7-2-1-3-8-13)15-11-10-12-6-4-5-9-14(12)18-15/h4-6,9-11,13,16,19H,1-3,7-8,17H2. The number of nitrogens with two attached hydrogens (primary N) is 1. The zero-order valence-electron chi connectivity index (χ0n) is 11.2. The third-order valence-corrected chi connectivity index (χ3v) is 4.24. The maximum atomic E-state index is 5.79. The van der Waals surface area contributed by atoms with Crippen LogP contribution in [0.5, 0.6) is 0 Å². The Balaban J connectivity index is 1.91. The van der Waals surface area contributed by atoms with Gasteiger partial charge in [-0.3, -0.25) is 16.3 Å². The molecule has 19 heavy (non-hydrogen) atoms. The predicted molar refractivity (Wildman–Crippen MR) is 78.4 cm³/mol.